The molecule has 1 atom stereocenters. The number of nitrogen functional groups attached to an aromatic ring is 1. The summed E-state index contributed by atoms with van der Waals surface area (Å²) in [6, 6.07) is 14.6. The minimum atomic E-state index is 0.175. The number of para-hydroxylation sites is 1. The fourth-order valence-electron chi connectivity index (χ4n) is 3.18. The van der Waals surface area contributed by atoms with Crippen LogP contribution >= 0.6 is 11.8 Å². The molecule has 0 amide bonds. The maximum absolute atomic E-state index is 8.00. The number of rotatable bonds is 10. The van der Waals surface area contributed by atoms with Gasteiger partial charge in [-0.3, -0.25) is 5.84 Å². The Balaban J connectivity index is 0.00000176. The lowest BCUT2D eigenvalue weighted by molar-refractivity contribution is -0.0979. The van der Waals surface area contributed by atoms with E-state index in [-0.39, 0.29) is 5.37 Å². The summed E-state index contributed by atoms with van der Waals surface area (Å²) in [6.45, 7) is 11.4. The van der Waals surface area contributed by atoms with Crippen molar-refractivity contribution in [3.05, 3.63) is 89.8 Å². The highest BCUT2D eigenvalue weighted by Crippen LogP contribution is 2.25. The number of benzene rings is 2. The third kappa shape index (κ3) is 7.21. The molecule has 0 saturated carbocycles. The lowest BCUT2D eigenvalue weighted by Crippen LogP contribution is -2.25. The van der Waals surface area contributed by atoms with Gasteiger partial charge in [0, 0.05) is 34.9 Å². The summed E-state index contributed by atoms with van der Waals surface area (Å²) in [5, 5.41) is 10.5. The van der Waals surface area contributed by atoms with Gasteiger partial charge in [-0.25, -0.2) is 0 Å². The Hall–Kier alpha value is -3.16. The van der Waals surface area contributed by atoms with E-state index in [0.29, 0.717) is 0 Å². The van der Waals surface area contributed by atoms with Crippen LogP contribution in [-0.2, 0) is 10.5 Å². The number of nitrogens with one attached hydrogen (secondary N) is 4. The Morgan fingerprint density at radius 3 is 2.72 bits per heavy atom. The highest BCUT2D eigenvalue weighted by Gasteiger charge is 2.12. The fraction of sp³-hybridized carbons (Fsp3) is 0.240. The van der Waals surface area contributed by atoms with Gasteiger partial charge in [0.2, 0.25) is 0 Å². The van der Waals surface area contributed by atoms with Crippen molar-refractivity contribution in [1.82, 2.24) is 10.6 Å². The number of anilines is 2. The number of hydrazine groups is 1. The highest BCUT2D eigenvalue weighted by molar-refractivity contribution is 7.99. The molecule has 1 unspecified atom stereocenters. The number of dihydropyridines is 1. The van der Waals surface area contributed by atoms with Crippen LogP contribution < -0.4 is 27.2 Å². The number of aryl methyl sites for hydroxylation is 1. The van der Waals surface area contributed by atoms with Gasteiger partial charge in [0.05, 0.1) is 11.1 Å². The summed E-state index contributed by atoms with van der Waals surface area (Å²) in [5.74, 6) is 6.48. The molecule has 1 heterocycles. The van der Waals surface area contributed by atoms with Crippen LogP contribution in [0.4, 0.5) is 11.4 Å². The molecule has 3 rings (SSSR count). The van der Waals surface area contributed by atoms with E-state index in [2.05, 4.69) is 71.3 Å². The highest BCUT2D eigenvalue weighted by atomic mass is 32.2. The second-order valence-electron chi connectivity index (χ2n) is 7.22. The first-order valence-electron chi connectivity index (χ1n) is 10.5. The van der Waals surface area contributed by atoms with Crippen LogP contribution in [0.1, 0.15) is 30.0 Å². The predicted octanol–water partition coefficient (Wildman–Crippen LogP) is 4.74. The molecular weight excluding hydrogens is 418 g/mol. The first-order valence-corrected chi connectivity index (χ1v) is 11.6. The standard InChI is InChI=1S/C24H31N5S.CH2O/c1-4-12-26-22-8-6-5-7-21(22)18(3)28-20-11-13-27-24(15-20)30-16-19-10-9-17(2)23(14-19)29-25;1-2/h5-11,13-15,24,26-29H,3-4,12,16,25H2,1-2H3;1H2. The second-order valence-corrected chi connectivity index (χ2v) is 8.35. The average molecular weight is 452 g/mol. The molecule has 0 bridgehead atoms. The minimum absolute atomic E-state index is 0.175. The third-order valence-electron chi connectivity index (χ3n) is 4.85. The Kier molecular flexibility index (Phi) is 10.4. The van der Waals surface area contributed by atoms with Gasteiger partial charge in [-0.2, -0.15) is 0 Å². The van der Waals surface area contributed by atoms with Gasteiger partial charge in [0.25, 0.3) is 0 Å². The monoisotopic (exact) mass is 451 g/mol. The van der Waals surface area contributed by atoms with Crippen molar-refractivity contribution in [2.45, 2.75) is 31.4 Å². The molecule has 32 heavy (non-hydrogen) atoms. The van der Waals surface area contributed by atoms with Crippen molar-refractivity contribution in [2.75, 3.05) is 17.3 Å². The molecule has 2 aromatic carbocycles. The smallest absolute Gasteiger partial charge is 0.106 e. The van der Waals surface area contributed by atoms with Gasteiger partial charge in [0.1, 0.15) is 6.79 Å². The van der Waals surface area contributed by atoms with Crippen molar-refractivity contribution < 1.29 is 4.79 Å². The quantitative estimate of drug-likeness (QED) is 0.263. The van der Waals surface area contributed by atoms with Crippen molar-refractivity contribution in [3.63, 3.8) is 0 Å². The Labute approximate surface area is 195 Å². The van der Waals surface area contributed by atoms with E-state index < -0.39 is 0 Å². The number of hydrogen-bond donors (Lipinski definition) is 5. The summed E-state index contributed by atoms with van der Waals surface area (Å²) in [7, 11) is 0. The molecule has 0 aromatic heterocycles. The van der Waals surface area contributed by atoms with E-state index in [4.69, 9.17) is 10.6 Å². The Bertz CT molecular complexity index is 957. The molecule has 1 aliphatic rings. The molecule has 0 saturated heterocycles. The maximum atomic E-state index is 8.00. The molecule has 0 fully saturated rings. The molecule has 2 aromatic rings. The Morgan fingerprint density at radius 2 is 1.97 bits per heavy atom. The summed E-state index contributed by atoms with van der Waals surface area (Å²) >= 11 is 1.83. The zero-order chi connectivity index (χ0) is 23.3. The van der Waals surface area contributed by atoms with E-state index in [1.165, 1.54) is 5.56 Å². The van der Waals surface area contributed by atoms with Crippen LogP contribution in [-0.4, -0.2) is 18.7 Å². The van der Waals surface area contributed by atoms with E-state index in [1.54, 1.807) is 0 Å². The van der Waals surface area contributed by atoms with Crippen LogP contribution in [0, 0.1) is 6.92 Å². The number of allylic oxidation sites excluding steroid dienone is 1. The predicted molar refractivity (Wildman–Crippen MR) is 139 cm³/mol. The number of carbonyl (C=O) groups excluding carboxylic acids is 1. The van der Waals surface area contributed by atoms with Crippen molar-refractivity contribution in [1.29, 1.82) is 0 Å². The van der Waals surface area contributed by atoms with E-state index in [1.807, 2.05) is 49.9 Å². The van der Waals surface area contributed by atoms with Crippen LogP contribution in [0.25, 0.3) is 5.70 Å². The average Bonchev–Trinajstić information content (AvgIpc) is 2.84. The maximum Gasteiger partial charge on any atom is 0.106 e. The minimum Gasteiger partial charge on any atom is -0.385 e. The molecular formula is C25H33N5OS. The largest absolute Gasteiger partial charge is 0.385 e. The van der Waals surface area contributed by atoms with E-state index in [9.17, 15) is 0 Å². The molecule has 0 spiro atoms. The summed E-state index contributed by atoms with van der Waals surface area (Å²) in [4.78, 5) is 8.00. The first kappa shape index (κ1) is 25.1. The number of nitrogens with two attached hydrogens (primary N) is 1. The number of carbonyl (C=O) groups is 1. The molecule has 170 valence electrons. The summed E-state index contributed by atoms with van der Waals surface area (Å²) < 4.78 is 0. The SMILES string of the molecule is C=C(NC1=CC(SCc2ccc(C)c(NN)c2)NC=C1)c1ccccc1NCCC.C=O. The van der Waals surface area contributed by atoms with E-state index >= 15 is 0 Å². The molecule has 0 aliphatic carbocycles. The summed E-state index contributed by atoms with van der Waals surface area (Å²) in [5.41, 5.74) is 10.2. The van der Waals surface area contributed by atoms with Gasteiger partial charge in [-0.15, -0.1) is 11.8 Å². The fourth-order valence-corrected chi connectivity index (χ4v) is 4.15. The van der Waals surface area contributed by atoms with Crippen LogP contribution in [0.5, 0.6) is 0 Å². The lowest BCUT2D eigenvalue weighted by Gasteiger charge is -2.21. The zero-order valence-corrected chi connectivity index (χ0v) is 19.6. The normalized spacial score (nSPS) is 14.3. The van der Waals surface area contributed by atoms with Gasteiger partial charge in [0.15, 0.2) is 0 Å². The zero-order valence-electron chi connectivity index (χ0n) is 18.8. The number of thioether (sulfide) groups is 1. The molecule has 0 radical (unpaired) electrons. The molecule has 7 heteroatoms. The van der Waals surface area contributed by atoms with E-state index in [0.717, 1.165) is 52.6 Å². The topological polar surface area (TPSA) is 91.2 Å². The van der Waals surface area contributed by atoms with Gasteiger partial charge >= 0.3 is 0 Å². The van der Waals surface area contributed by atoms with Crippen molar-refractivity contribution in [2.24, 2.45) is 5.84 Å². The lowest BCUT2D eigenvalue weighted by atomic mass is 10.1. The van der Waals surface area contributed by atoms with Crippen molar-refractivity contribution in [3.8, 4) is 0 Å². The third-order valence-corrected chi connectivity index (χ3v) is 5.99. The Morgan fingerprint density at radius 1 is 1.19 bits per heavy atom. The van der Waals surface area contributed by atoms with Crippen LogP contribution in [0.2, 0.25) is 0 Å². The van der Waals surface area contributed by atoms with Gasteiger partial charge in [-0.05, 0) is 55.0 Å². The first-order chi connectivity index (χ1) is 15.6. The van der Waals surface area contributed by atoms with Gasteiger partial charge in [-0.1, -0.05) is 43.8 Å². The number of hydrogen-bond acceptors (Lipinski definition) is 7. The van der Waals surface area contributed by atoms with Gasteiger partial charge < -0.3 is 26.2 Å². The van der Waals surface area contributed by atoms with Crippen LogP contribution in [0.3, 0.4) is 0 Å². The molecule has 6 nitrogen and oxygen atoms in total. The second kappa shape index (κ2) is 13.3. The summed E-state index contributed by atoms with van der Waals surface area (Å²) in [6.07, 6.45) is 7.29. The van der Waals surface area contributed by atoms with Crippen molar-refractivity contribution >= 4 is 35.6 Å². The molecule has 1 aliphatic heterocycles. The van der Waals surface area contributed by atoms with Crippen LogP contribution in [0.15, 0.2) is 73.1 Å². The molecule has 6 N–H and O–H groups in total.